The predicted octanol–water partition coefficient (Wildman–Crippen LogP) is 2.19. The van der Waals surface area contributed by atoms with Gasteiger partial charge < -0.3 is 10.2 Å². The van der Waals surface area contributed by atoms with E-state index in [9.17, 15) is 4.79 Å². The Kier molecular flexibility index (Phi) is 3.80. The fourth-order valence-corrected chi connectivity index (χ4v) is 4.49. The average molecular weight is 316 g/mol. The van der Waals surface area contributed by atoms with E-state index in [2.05, 4.69) is 15.2 Å². The highest BCUT2D eigenvalue weighted by Gasteiger charge is 2.35. The lowest BCUT2D eigenvalue weighted by Gasteiger charge is -2.45. The molecule has 6 heteroatoms. The monoisotopic (exact) mass is 316 g/mol. The van der Waals surface area contributed by atoms with E-state index in [-0.39, 0.29) is 6.03 Å². The van der Waals surface area contributed by atoms with E-state index < -0.39 is 0 Å². The van der Waals surface area contributed by atoms with Crippen LogP contribution >= 0.6 is 11.8 Å². The molecule has 3 fully saturated rings. The molecule has 0 unspecified atom stereocenters. The first-order chi connectivity index (χ1) is 10.8. The molecule has 22 heavy (non-hydrogen) atoms. The molecule has 5 rings (SSSR count). The largest absolute Gasteiger partial charge is 0.333 e. The number of urea groups is 1. The van der Waals surface area contributed by atoms with Crippen LogP contribution in [0.5, 0.6) is 0 Å². The minimum absolute atomic E-state index is 0.0373. The normalized spacial score (nSPS) is 30.3. The van der Waals surface area contributed by atoms with Gasteiger partial charge in [0.2, 0.25) is 0 Å². The molecule has 0 aliphatic carbocycles. The molecule has 1 atom stereocenters. The van der Waals surface area contributed by atoms with E-state index in [1.807, 2.05) is 18.3 Å². The number of carbonyl (C=O) groups excluding carboxylic acids is 1. The molecule has 1 N–H and O–H groups in total. The molecule has 0 saturated carbocycles. The summed E-state index contributed by atoms with van der Waals surface area (Å²) in [6, 6.07) is 4.31. The molecule has 4 aliphatic heterocycles. The van der Waals surface area contributed by atoms with Crippen LogP contribution in [0.15, 0.2) is 30.7 Å². The number of hydrogen-bond donors (Lipinski definition) is 1. The highest BCUT2D eigenvalue weighted by molar-refractivity contribution is 8.08. The van der Waals surface area contributed by atoms with Gasteiger partial charge in [-0.05, 0) is 49.5 Å². The first-order valence-electron chi connectivity index (χ1n) is 7.84. The van der Waals surface area contributed by atoms with Crippen LogP contribution in [0.3, 0.4) is 0 Å². The third-order valence-electron chi connectivity index (χ3n) is 4.82. The summed E-state index contributed by atoms with van der Waals surface area (Å²) in [5.74, 6) is 1.35. The minimum Gasteiger partial charge on any atom is -0.333 e. The van der Waals surface area contributed by atoms with Crippen molar-refractivity contribution in [2.45, 2.75) is 18.9 Å². The number of piperidine rings is 3. The summed E-state index contributed by atoms with van der Waals surface area (Å²) in [5.41, 5.74) is 1.12. The van der Waals surface area contributed by atoms with Gasteiger partial charge in [0.05, 0.1) is 5.88 Å². The molecule has 116 valence electrons. The lowest BCUT2D eigenvalue weighted by Crippen LogP contribution is -2.58. The summed E-state index contributed by atoms with van der Waals surface area (Å²) in [6.45, 7) is 3.41. The Bertz CT molecular complexity index is 583. The van der Waals surface area contributed by atoms with Gasteiger partial charge >= 0.3 is 6.03 Å². The highest BCUT2D eigenvalue weighted by Crippen LogP contribution is 2.34. The van der Waals surface area contributed by atoms with Gasteiger partial charge in [-0.3, -0.25) is 9.88 Å². The second kappa shape index (κ2) is 5.93. The smallest absolute Gasteiger partial charge is 0.322 e. The fourth-order valence-electron chi connectivity index (χ4n) is 3.52. The summed E-state index contributed by atoms with van der Waals surface area (Å²) in [4.78, 5) is 21.9. The van der Waals surface area contributed by atoms with Crippen molar-refractivity contribution in [3.8, 4) is 0 Å². The fraction of sp³-hybridized carbons (Fsp3) is 0.500. The first kappa shape index (κ1) is 14.1. The highest BCUT2D eigenvalue weighted by atomic mass is 32.2. The number of aromatic nitrogens is 1. The van der Waals surface area contributed by atoms with E-state index in [1.54, 1.807) is 29.1 Å². The van der Waals surface area contributed by atoms with E-state index in [1.165, 1.54) is 25.9 Å². The molecule has 2 bridgehead atoms. The van der Waals surface area contributed by atoms with Crippen molar-refractivity contribution < 1.29 is 4.79 Å². The van der Waals surface area contributed by atoms with Crippen molar-refractivity contribution in [3.63, 3.8) is 0 Å². The quantitative estimate of drug-likeness (QED) is 0.909. The number of amides is 2. The standard InChI is InChI=1S/C16H20N4OS/c21-16(18-14-9-19-7-3-12(14)4-8-19)20-10-15(22-11-20)13-1-5-17-6-2-13/h1-2,5-6,10,12,14H,3-4,7-9,11H2,(H,18,21)/t14-/m0/s1. The molecule has 0 spiro atoms. The van der Waals surface area contributed by atoms with Gasteiger partial charge in [0.25, 0.3) is 0 Å². The number of fused-ring (bicyclic) bond motifs is 3. The van der Waals surface area contributed by atoms with Gasteiger partial charge in [-0.15, -0.1) is 11.8 Å². The van der Waals surface area contributed by atoms with Crippen LogP contribution in [0.4, 0.5) is 4.79 Å². The van der Waals surface area contributed by atoms with E-state index >= 15 is 0 Å². The van der Waals surface area contributed by atoms with Gasteiger partial charge in [0, 0.05) is 36.1 Å². The van der Waals surface area contributed by atoms with Crippen LogP contribution in [-0.2, 0) is 0 Å². The maximum atomic E-state index is 12.5. The average Bonchev–Trinajstić information content (AvgIpc) is 3.07. The second-order valence-corrected chi connectivity index (χ2v) is 7.15. The molecule has 5 nitrogen and oxygen atoms in total. The van der Waals surface area contributed by atoms with Crippen molar-refractivity contribution in [3.05, 3.63) is 36.3 Å². The lowest BCUT2D eigenvalue weighted by atomic mass is 9.84. The van der Waals surface area contributed by atoms with E-state index in [0.717, 1.165) is 17.0 Å². The molecule has 4 aliphatic rings. The lowest BCUT2D eigenvalue weighted by molar-refractivity contribution is 0.0748. The summed E-state index contributed by atoms with van der Waals surface area (Å²) in [7, 11) is 0. The number of nitrogens with zero attached hydrogens (tertiary/aromatic N) is 3. The number of nitrogens with one attached hydrogen (secondary N) is 1. The molecule has 5 heterocycles. The Morgan fingerprint density at radius 1 is 1.27 bits per heavy atom. The summed E-state index contributed by atoms with van der Waals surface area (Å²) >= 11 is 1.70. The number of hydrogen-bond acceptors (Lipinski definition) is 4. The van der Waals surface area contributed by atoms with Crippen LogP contribution in [0.25, 0.3) is 4.91 Å². The molecule has 0 radical (unpaired) electrons. The van der Waals surface area contributed by atoms with Gasteiger partial charge in [0.1, 0.15) is 0 Å². The van der Waals surface area contributed by atoms with Crippen LogP contribution < -0.4 is 5.32 Å². The third kappa shape index (κ3) is 2.73. The molecular formula is C16H20N4OS. The molecule has 1 aromatic rings. The maximum absolute atomic E-state index is 12.5. The Morgan fingerprint density at radius 3 is 2.73 bits per heavy atom. The summed E-state index contributed by atoms with van der Waals surface area (Å²) in [6.07, 6.45) is 7.96. The Morgan fingerprint density at radius 2 is 2.05 bits per heavy atom. The Balaban J connectivity index is 1.40. The van der Waals surface area contributed by atoms with Gasteiger partial charge in [-0.1, -0.05) is 0 Å². The van der Waals surface area contributed by atoms with Crippen molar-refractivity contribution in [2.75, 3.05) is 25.5 Å². The maximum Gasteiger partial charge on any atom is 0.322 e. The van der Waals surface area contributed by atoms with E-state index in [4.69, 9.17) is 0 Å². The van der Waals surface area contributed by atoms with Crippen LogP contribution in [0.1, 0.15) is 18.4 Å². The van der Waals surface area contributed by atoms with Crippen LogP contribution in [0, 0.1) is 5.92 Å². The predicted molar refractivity (Wildman–Crippen MR) is 88.0 cm³/mol. The Hall–Kier alpha value is -1.53. The third-order valence-corrected chi connectivity index (χ3v) is 5.88. The number of pyridine rings is 1. The van der Waals surface area contributed by atoms with Crippen molar-refractivity contribution >= 4 is 22.7 Å². The molecule has 1 aromatic heterocycles. The minimum atomic E-state index is 0.0373. The van der Waals surface area contributed by atoms with Gasteiger partial charge in [-0.2, -0.15) is 0 Å². The van der Waals surface area contributed by atoms with Gasteiger partial charge in [-0.25, -0.2) is 4.79 Å². The molecular weight excluding hydrogens is 296 g/mol. The number of thioether (sulfide) groups is 1. The Labute approximate surface area is 134 Å². The topological polar surface area (TPSA) is 48.5 Å². The van der Waals surface area contributed by atoms with Crippen molar-refractivity contribution in [1.82, 2.24) is 20.1 Å². The van der Waals surface area contributed by atoms with Crippen molar-refractivity contribution in [1.29, 1.82) is 0 Å². The zero-order chi connectivity index (χ0) is 14.9. The van der Waals surface area contributed by atoms with Crippen LogP contribution in [0.2, 0.25) is 0 Å². The second-order valence-electron chi connectivity index (χ2n) is 6.17. The zero-order valence-corrected chi connectivity index (χ0v) is 13.3. The molecule has 2 amide bonds. The number of carbonyl (C=O) groups is 1. The SMILES string of the molecule is O=C(N[C@H]1CN2CCC1CC2)N1C=C(c2ccncc2)SC1. The number of rotatable bonds is 2. The molecule has 3 saturated heterocycles. The van der Waals surface area contributed by atoms with Crippen molar-refractivity contribution in [2.24, 2.45) is 5.92 Å². The van der Waals surface area contributed by atoms with E-state index in [0.29, 0.717) is 17.8 Å². The summed E-state index contributed by atoms with van der Waals surface area (Å²) < 4.78 is 0. The zero-order valence-electron chi connectivity index (χ0n) is 12.4. The van der Waals surface area contributed by atoms with Gasteiger partial charge in [0.15, 0.2) is 0 Å². The summed E-state index contributed by atoms with van der Waals surface area (Å²) in [5, 5.41) is 3.24. The first-order valence-corrected chi connectivity index (χ1v) is 8.83. The van der Waals surface area contributed by atoms with Crippen LogP contribution in [-0.4, -0.2) is 52.4 Å². The molecule has 0 aromatic carbocycles.